The van der Waals surface area contributed by atoms with E-state index in [1.165, 1.54) is 76.3 Å². The zero-order chi connectivity index (χ0) is 29.7. The Hall–Kier alpha value is -3.35. The molecule has 41 heavy (non-hydrogen) atoms. The Morgan fingerprint density at radius 2 is 1.34 bits per heavy atom. The van der Waals surface area contributed by atoms with E-state index in [0.717, 1.165) is 24.8 Å². The molecule has 1 atom stereocenters. The smallest absolute Gasteiger partial charge is 0.318 e. The van der Waals surface area contributed by atoms with E-state index < -0.39 is 17.8 Å². The number of rotatable bonds is 21. The maximum absolute atomic E-state index is 13.0. The lowest BCUT2D eigenvalue weighted by Gasteiger charge is -2.17. The number of unbranched alkanes of at least 4 members (excludes halogenated alkanes) is 12. The fraction of sp³-hybridized carbons (Fsp3) is 0.559. The summed E-state index contributed by atoms with van der Waals surface area (Å²) >= 11 is 0. The first-order chi connectivity index (χ1) is 19.9. The lowest BCUT2D eigenvalue weighted by Crippen LogP contribution is -2.33. The first kappa shape index (κ1) is 33.9. The predicted octanol–water partition coefficient (Wildman–Crippen LogP) is 8.17. The van der Waals surface area contributed by atoms with Crippen LogP contribution in [-0.2, 0) is 25.5 Å². The Kier molecular flexibility index (Phi) is 16.9. The maximum atomic E-state index is 13.0. The molecule has 7 heteroatoms. The summed E-state index contributed by atoms with van der Waals surface area (Å²) in [5, 5.41) is 15.9. The SMILES string of the molecule is CCCCCCCCCCCCCCCC(=O)Nc1ccc(NC(=O)C(Cc2ccccc2)C(=O)OCC)c(O)c1. The van der Waals surface area contributed by atoms with Gasteiger partial charge >= 0.3 is 5.97 Å². The monoisotopic (exact) mass is 566 g/mol. The number of phenols is 1. The average molecular weight is 567 g/mol. The summed E-state index contributed by atoms with van der Waals surface area (Å²) in [6.45, 7) is 4.10. The quantitative estimate of drug-likeness (QED) is 0.0612. The highest BCUT2D eigenvalue weighted by atomic mass is 16.5. The number of esters is 1. The molecule has 0 fully saturated rings. The molecule has 3 N–H and O–H groups in total. The molecular formula is C34H50N2O5. The van der Waals surface area contributed by atoms with Crippen molar-refractivity contribution in [3.8, 4) is 5.75 Å². The fourth-order valence-electron chi connectivity index (χ4n) is 4.84. The lowest BCUT2D eigenvalue weighted by molar-refractivity contribution is -0.150. The first-order valence-corrected chi connectivity index (χ1v) is 15.6. The Bertz CT molecular complexity index is 1040. The minimum atomic E-state index is -1.06. The van der Waals surface area contributed by atoms with Crippen molar-refractivity contribution >= 4 is 29.2 Å². The highest BCUT2D eigenvalue weighted by molar-refractivity contribution is 6.05. The van der Waals surface area contributed by atoms with Crippen LogP contribution in [0.1, 0.15) is 109 Å². The van der Waals surface area contributed by atoms with Crippen LogP contribution >= 0.6 is 0 Å². The van der Waals surface area contributed by atoms with E-state index in [1.807, 2.05) is 30.3 Å². The number of anilines is 2. The molecular weight excluding hydrogens is 516 g/mol. The molecule has 0 aliphatic heterocycles. The highest BCUT2D eigenvalue weighted by Gasteiger charge is 2.29. The van der Waals surface area contributed by atoms with Gasteiger partial charge in [0.25, 0.3) is 0 Å². The summed E-state index contributed by atoms with van der Waals surface area (Å²) in [6, 6.07) is 13.7. The van der Waals surface area contributed by atoms with Crippen molar-refractivity contribution in [2.75, 3.05) is 17.2 Å². The number of benzene rings is 2. The normalized spacial score (nSPS) is 11.6. The second kappa shape index (κ2) is 20.5. The molecule has 0 saturated heterocycles. The first-order valence-electron chi connectivity index (χ1n) is 15.6. The number of aromatic hydroxyl groups is 1. The molecule has 2 rings (SSSR count). The van der Waals surface area contributed by atoms with Gasteiger partial charge in [0.1, 0.15) is 11.7 Å². The zero-order valence-electron chi connectivity index (χ0n) is 25.1. The van der Waals surface area contributed by atoms with Crippen molar-refractivity contribution in [1.29, 1.82) is 0 Å². The molecule has 0 aliphatic carbocycles. The number of hydrogen-bond donors (Lipinski definition) is 3. The van der Waals surface area contributed by atoms with Crippen molar-refractivity contribution < 1.29 is 24.2 Å². The second-order valence-corrected chi connectivity index (χ2v) is 10.8. The zero-order valence-corrected chi connectivity index (χ0v) is 25.1. The number of carbonyl (C=O) groups excluding carboxylic acids is 3. The molecule has 2 aromatic rings. The minimum absolute atomic E-state index is 0.102. The second-order valence-electron chi connectivity index (χ2n) is 10.8. The number of carbonyl (C=O) groups is 3. The van der Waals surface area contributed by atoms with E-state index in [4.69, 9.17) is 4.74 Å². The van der Waals surface area contributed by atoms with Gasteiger partial charge in [-0.05, 0) is 37.5 Å². The van der Waals surface area contributed by atoms with E-state index in [1.54, 1.807) is 13.0 Å². The maximum Gasteiger partial charge on any atom is 0.318 e. The largest absolute Gasteiger partial charge is 0.506 e. The van der Waals surface area contributed by atoms with E-state index >= 15 is 0 Å². The van der Waals surface area contributed by atoms with Crippen LogP contribution in [0, 0.1) is 5.92 Å². The van der Waals surface area contributed by atoms with Gasteiger partial charge in [0, 0.05) is 18.2 Å². The molecule has 0 aromatic heterocycles. The van der Waals surface area contributed by atoms with Crippen LogP contribution in [0.2, 0.25) is 0 Å². The third kappa shape index (κ3) is 14.2. The standard InChI is InChI=1S/C34H50N2O5/c1-3-5-6-7-8-9-10-11-12-13-14-15-19-22-32(38)35-28-23-24-30(31(37)26-28)36-33(39)29(34(40)41-4-2)25-27-20-17-16-18-21-27/h16-18,20-21,23-24,26,29,37H,3-15,19,22,25H2,1-2H3,(H,35,38)(H,36,39). The van der Waals surface area contributed by atoms with Crippen LogP contribution in [0.25, 0.3) is 0 Å². The molecule has 0 bridgehead atoms. The van der Waals surface area contributed by atoms with E-state index in [9.17, 15) is 19.5 Å². The third-order valence-electron chi connectivity index (χ3n) is 7.22. The summed E-state index contributed by atoms with van der Waals surface area (Å²) < 4.78 is 5.11. The Balaban J connectivity index is 1.70. The van der Waals surface area contributed by atoms with Gasteiger partial charge in [-0.1, -0.05) is 114 Å². The van der Waals surface area contributed by atoms with Crippen LogP contribution in [0.5, 0.6) is 5.75 Å². The van der Waals surface area contributed by atoms with E-state index in [0.29, 0.717) is 12.1 Å². The summed E-state index contributed by atoms with van der Waals surface area (Å²) in [5.41, 5.74) is 1.43. The molecule has 0 radical (unpaired) electrons. The lowest BCUT2D eigenvalue weighted by atomic mass is 9.98. The van der Waals surface area contributed by atoms with Gasteiger partial charge in [0.05, 0.1) is 12.3 Å². The van der Waals surface area contributed by atoms with Gasteiger partial charge in [0.15, 0.2) is 0 Å². The number of nitrogens with one attached hydrogen (secondary N) is 2. The minimum Gasteiger partial charge on any atom is -0.506 e. The molecule has 2 aromatic carbocycles. The van der Waals surface area contributed by atoms with Crippen LogP contribution < -0.4 is 10.6 Å². The van der Waals surface area contributed by atoms with Gasteiger partial charge in [-0.3, -0.25) is 14.4 Å². The Morgan fingerprint density at radius 1 is 0.756 bits per heavy atom. The third-order valence-corrected chi connectivity index (χ3v) is 7.22. The predicted molar refractivity (Wildman–Crippen MR) is 166 cm³/mol. The summed E-state index contributed by atoms with van der Waals surface area (Å²) in [5.74, 6) is -2.54. The molecule has 0 saturated carbocycles. The topological polar surface area (TPSA) is 105 Å². The number of phenolic OH excluding ortho intramolecular Hbond substituents is 1. The average Bonchev–Trinajstić information content (AvgIpc) is 2.96. The van der Waals surface area contributed by atoms with E-state index in [2.05, 4.69) is 17.6 Å². The molecule has 7 nitrogen and oxygen atoms in total. The summed E-state index contributed by atoms with van der Waals surface area (Å²) in [6.07, 6.45) is 16.9. The molecule has 226 valence electrons. The van der Waals surface area contributed by atoms with Crippen LogP contribution in [0.15, 0.2) is 48.5 Å². The number of hydrogen-bond acceptors (Lipinski definition) is 5. The van der Waals surface area contributed by atoms with Crippen molar-refractivity contribution in [1.82, 2.24) is 0 Å². The van der Waals surface area contributed by atoms with Crippen molar-refractivity contribution in [3.05, 3.63) is 54.1 Å². The van der Waals surface area contributed by atoms with Crippen molar-refractivity contribution in [3.63, 3.8) is 0 Å². The van der Waals surface area contributed by atoms with Crippen LogP contribution in [0.3, 0.4) is 0 Å². The molecule has 0 spiro atoms. The van der Waals surface area contributed by atoms with Crippen molar-refractivity contribution in [2.24, 2.45) is 5.92 Å². The summed E-state index contributed by atoms with van der Waals surface area (Å²) in [4.78, 5) is 37.8. The van der Waals surface area contributed by atoms with Crippen LogP contribution in [-0.4, -0.2) is 29.5 Å². The van der Waals surface area contributed by atoms with Gasteiger partial charge in [0.2, 0.25) is 11.8 Å². The van der Waals surface area contributed by atoms with Gasteiger partial charge in [-0.15, -0.1) is 0 Å². The Morgan fingerprint density at radius 3 is 1.90 bits per heavy atom. The van der Waals surface area contributed by atoms with Gasteiger partial charge in [-0.25, -0.2) is 0 Å². The van der Waals surface area contributed by atoms with Gasteiger partial charge < -0.3 is 20.5 Å². The molecule has 1 unspecified atom stereocenters. The molecule has 0 aliphatic rings. The van der Waals surface area contributed by atoms with Crippen LogP contribution in [0.4, 0.5) is 11.4 Å². The molecule has 2 amide bonds. The summed E-state index contributed by atoms with van der Waals surface area (Å²) in [7, 11) is 0. The number of amides is 2. The number of ether oxygens (including phenoxy) is 1. The van der Waals surface area contributed by atoms with Crippen molar-refractivity contribution in [2.45, 2.75) is 110 Å². The highest BCUT2D eigenvalue weighted by Crippen LogP contribution is 2.28. The van der Waals surface area contributed by atoms with E-state index in [-0.39, 0.29) is 30.4 Å². The van der Waals surface area contributed by atoms with Gasteiger partial charge in [-0.2, -0.15) is 0 Å². The fourth-order valence-corrected chi connectivity index (χ4v) is 4.84. The molecule has 0 heterocycles. The Labute approximate surface area is 246 Å².